The molecule has 92 valence electrons. The Balaban J connectivity index is 1.99. The highest BCUT2D eigenvalue weighted by molar-refractivity contribution is 5.75. The van der Waals surface area contributed by atoms with Crippen molar-refractivity contribution in [3.63, 3.8) is 0 Å². The summed E-state index contributed by atoms with van der Waals surface area (Å²) < 4.78 is 18.5. The molecular weight excluding hydrogens is 219 g/mol. The third kappa shape index (κ3) is 3.05. The maximum atomic E-state index is 13.3. The maximum Gasteiger partial charge on any atom is 0.314 e. The largest absolute Gasteiger partial charge is 0.426 e. The Morgan fingerprint density at radius 2 is 2.00 bits per heavy atom. The zero-order valence-electron chi connectivity index (χ0n) is 10.0. The molecule has 0 radical (unpaired) electrons. The molecule has 0 amide bonds. The van der Waals surface area contributed by atoms with E-state index in [2.05, 4.69) is 0 Å². The van der Waals surface area contributed by atoms with Crippen molar-refractivity contribution in [3.05, 3.63) is 29.6 Å². The molecule has 17 heavy (non-hydrogen) atoms. The molecule has 0 heterocycles. The van der Waals surface area contributed by atoms with Crippen LogP contribution in [0.3, 0.4) is 0 Å². The number of carbonyl (C=O) groups excluding carboxylic acids is 1. The third-order valence-electron chi connectivity index (χ3n) is 3.30. The van der Waals surface area contributed by atoms with Gasteiger partial charge in [-0.2, -0.15) is 0 Å². The fourth-order valence-electron chi connectivity index (χ4n) is 2.17. The van der Waals surface area contributed by atoms with Gasteiger partial charge in [-0.3, -0.25) is 4.79 Å². The predicted octanol–water partition coefficient (Wildman–Crippen LogP) is 3.62. The van der Waals surface area contributed by atoms with Crippen molar-refractivity contribution in [1.82, 2.24) is 0 Å². The number of rotatable bonds is 2. The first kappa shape index (κ1) is 12.1. The highest BCUT2D eigenvalue weighted by Gasteiger charge is 2.23. The first-order chi connectivity index (χ1) is 8.16. The van der Waals surface area contributed by atoms with Crippen molar-refractivity contribution in [1.29, 1.82) is 0 Å². The Kier molecular flexibility index (Phi) is 3.77. The van der Waals surface area contributed by atoms with Crippen molar-refractivity contribution in [2.24, 2.45) is 5.92 Å². The number of benzene rings is 1. The molecule has 0 N–H and O–H groups in total. The van der Waals surface area contributed by atoms with E-state index in [0.29, 0.717) is 11.3 Å². The molecule has 1 fully saturated rings. The quantitative estimate of drug-likeness (QED) is 0.579. The standard InChI is InChI=1S/C14H17FO2/c1-10-7-8-12(9-13(10)15)17-14(16)11-5-3-2-4-6-11/h7-9,11H,2-6H2,1H3. The zero-order valence-corrected chi connectivity index (χ0v) is 10.0. The number of aryl methyl sites for hydroxylation is 1. The third-order valence-corrected chi connectivity index (χ3v) is 3.30. The zero-order chi connectivity index (χ0) is 12.3. The molecule has 0 unspecified atom stereocenters. The van der Waals surface area contributed by atoms with Gasteiger partial charge in [-0.05, 0) is 31.4 Å². The van der Waals surface area contributed by atoms with Crippen LogP contribution in [0.5, 0.6) is 5.75 Å². The van der Waals surface area contributed by atoms with Crippen LogP contribution in [0.4, 0.5) is 4.39 Å². The van der Waals surface area contributed by atoms with E-state index in [1.807, 2.05) is 0 Å². The van der Waals surface area contributed by atoms with Crippen LogP contribution in [0.15, 0.2) is 18.2 Å². The monoisotopic (exact) mass is 236 g/mol. The highest BCUT2D eigenvalue weighted by Crippen LogP contribution is 2.26. The van der Waals surface area contributed by atoms with E-state index in [4.69, 9.17) is 4.74 Å². The lowest BCUT2D eigenvalue weighted by Crippen LogP contribution is -2.22. The van der Waals surface area contributed by atoms with Crippen LogP contribution in [0.1, 0.15) is 37.7 Å². The van der Waals surface area contributed by atoms with Crippen LogP contribution in [-0.4, -0.2) is 5.97 Å². The second-order valence-corrected chi connectivity index (χ2v) is 4.67. The van der Waals surface area contributed by atoms with Gasteiger partial charge in [-0.1, -0.05) is 25.3 Å². The van der Waals surface area contributed by atoms with Gasteiger partial charge in [-0.25, -0.2) is 4.39 Å². The molecule has 0 atom stereocenters. The number of halogens is 1. The lowest BCUT2D eigenvalue weighted by molar-refractivity contribution is -0.139. The minimum atomic E-state index is -0.334. The fourth-order valence-corrected chi connectivity index (χ4v) is 2.17. The Bertz CT molecular complexity index is 409. The Labute approximate surface area is 101 Å². The van der Waals surface area contributed by atoms with Crippen LogP contribution in [0.2, 0.25) is 0 Å². The summed E-state index contributed by atoms with van der Waals surface area (Å²) in [5.41, 5.74) is 0.558. The lowest BCUT2D eigenvalue weighted by Gasteiger charge is -2.19. The van der Waals surface area contributed by atoms with Gasteiger partial charge in [-0.15, -0.1) is 0 Å². The summed E-state index contributed by atoms with van der Waals surface area (Å²) in [6.07, 6.45) is 5.16. The number of carbonyl (C=O) groups is 1. The van der Waals surface area contributed by atoms with Gasteiger partial charge < -0.3 is 4.74 Å². The normalized spacial score (nSPS) is 16.8. The summed E-state index contributed by atoms with van der Waals surface area (Å²) in [7, 11) is 0. The van der Waals surface area contributed by atoms with Crippen molar-refractivity contribution < 1.29 is 13.9 Å². The van der Waals surface area contributed by atoms with Gasteiger partial charge in [0, 0.05) is 6.07 Å². The van der Waals surface area contributed by atoms with Gasteiger partial charge in [0.15, 0.2) is 0 Å². The number of esters is 1. The van der Waals surface area contributed by atoms with Gasteiger partial charge in [0.05, 0.1) is 5.92 Å². The van der Waals surface area contributed by atoms with E-state index in [1.54, 1.807) is 19.1 Å². The molecule has 0 bridgehead atoms. The average molecular weight is 236 g/mol. The van der Waals surface area contributed by atoms with E-state index in [0.717, 1.165) is 25.7 Å². The first-order valence-electron chi connectivity index (χ1n) is 6.14. The molecule has 1 saturated carbocycles. The summed E-state index contributed by atoms with van der Waals surface area (Å²) in [5, 5.41) is 0. The lowest BCUT2D eigenvalue weighted by atomic mass is 9.89. The number of hydrogen-bond donors (Lipinski definition) is 0. The molecule has 0 aliphatic heterocycles. The first-order valence-corrected chi connectivity index (χ1v) is 6.14. The molecule has 0 saturated heterocycles. The Morgan fingerprint density at radius 1 is 1.29 bits per heavy atom. The van der Waals surface area contributed by atoms with Crippen molar-refractivity contribution >= 4 is 5.97 Å². The molecule has 2 rings (SSSR count). The van der Waals surface area contributed by atoms with Crippen LogP contribution in [0, 0.1) is 18.7 Å². The van der Waals surface area contributed by atoms with Gasteiger partial charge in [0.2, 0.25) is 0 Å². The van der Waals surface area contributed by atoms with Crippen LogP contribution in [-0.2, 0) is 4.79 Å². The molecule has 0 aromatic heterocycles. The van der Waals surface area contributed by atoms with Crippen LogP contribution < -0.4 is 4.74 Å². The van der Waals surface area contributed by atoms with Crippen LogP contribution >= 0.6 is 0 Å². The summed E-state index contributed by atoms with van der Waals surface area (Å²) in [6.45, 7) is 1.68. The van der Waals surface area contributed by atoms with Gasteiger partial charge in [0.25, 0.3) is 0 Å². The van der Waals surface area contributed by atoms with Crippen molar-refractivity contribution in [3.8, 4) is 5.75 Å². The van der Waals surface area contributed by atoms with Gasteiger partial charge >= 0.3 is 5.97 Å². The Hall–Kier alpha value is -1.38. The predicted molar refractivity (Wildman–Crippen MR) is 63.3 cm³/mol. The number of ether oxygens (including phenoxy) is 1. The molecule has 0 spiro atoms. The molecule has 2 nitrogen and oxygen atoms in total. The van der Waals surface area contributed by atoms with E-state index < -0.39 is 0 Å². The smallest absolute Gasteiger partial charge is 0.314 e. The SMILES string of the molecule is Cc1ccc(OC(=O)C2CCCCC2)cc1F. The van der Waals surface area contributed by atoms with Crippen molar-refractivity contribution in [2.45, 2.75) is 39.0 Å². The summed E-state index contributed by atoms with van der Waals surface area (Å²) >= 11 is 0. The summed E-state index contributed by atoms with van der Waals surface area (Å²) in [6, 6.07) is 4.54. The topological polar surface area (TPSA) is 26.3 Å². The maximum absolute atomic E-state index is 13.3. The molecule has 1 aliphatic rings. The van der Waals surface area contributed by atoms with E-state index in [1.165, 1.54) is 12.5 Å². The summed E-state index contributed by atoms with van der Waals surface area (Å²) in [5.74, 6) is -0.247. The molecular formula is C14H17FO2. The van der Waals surface area contributed by atoms with E-state index >= 15 is 0 Å². The van der Waals surface area contributed by atoms with Gasteiger partial charge in [0.1, 0.15) is 11.6 Å². The molecule has 3 heteroatoms. The molecule has 1 aliphatic carbocycles. The number of hydrogen-bond acceptors (Lipinski definition) is 2. The van der Waals surface area contributed by atoms with E-state index in [-0.39, 0.29) is 17.7 Å². The summed E-state index contributed by atoms with van der Waals surface area (Å²) in [4.78, 5) is 11.8. The second kappa shape index (κ2) is 5.30. The fraction of sp³-hybridized carbons (Fsp3) is 0.500. The molecule has 1 aromatic carbocycles. The van der Waals surface area contributed by atoms with Crippen LogP contribution in [0.25, 0.3) is 0 Å². The minimum Gasteiger partial charge on any atom is -0.426 e. The molecule has 1 aromatic rings. The second-order valence-electron chi connectivity index (χ2n) is 4.67. The average Bonchev–Trinajstić information content (AvgIpc) is 2.35. The van der Waals surface area contributed by atoms with Crippen molar-refractivity contribution in [2.75, 3.05) is 0 Å². The Morgan fingerprint density at radius 3 is 2.65 bits per heavy atom. The van der Waals surface area contributed by atoms with E-state index in [9.17, 15) is 9.18 Å². The minimum absolute atomic E-state index is 0.00638. The highest BCUT2D eigenvalue weighted by atomic mass is 19.1.